The van der Waals surface area contributed by atoms with Gasteiger partial charge in [0, 0.05) is 11.1 Å². The fourth-order valence-corrected chi connectivity index (χ4v) is 2.02. The molecule has 0 atom stereocenters. The summed E-state index contributed by atoms with van der Waals surface area (Å²) in [7, 11) is 1.64. The largest absolute Gasteiger partial charge is 0.496 e. The lowest BCUT2D eigenvalue weighted by atomic mass is 10.0. The van der Waals surface area contributed by atoms with E-state index in [0.29, 0.717) is 17.6 Å². The fourth-order valence-electron chi connectivity index (χ4n) is 2.02. The molecule has 0 amide bonds. The highest BCUT2D eigenvalue weighted by molar-refractivity contribution is 6.08. The molecule has 0 aliphatic heterocycles. The second-order valence-electron chi connectivity index (χ2n) is 4.65. The highest BCUT2D eigenvalue weighted by atomic mass is 16.5. The molecule has 0 unspecified atom stereocenters. The third kappa shape index (κ3) is 3.93. The number of benzene rings is 2. The van der Waals surface area contributed by atoms with E-state index in [4.69, 9.17) is 4.74 Å². The predicted octanol–water partition coefficient (Wildman–Crippen LogP) is 4.54. The molecular weight excluding hydrogens is 260 g/mol. The van der Waals surface area contributed by atoms with Gasteiger partial charge in [-0.15, -0.1) is 0 Å². The minimum Gasteiger partial charge on any atom is -0.496 e. The van der Waals surface area contributed by atoms with E-state index >= 15 is 0 Å². The van der Waals surface area contributed by atoms with Crippen molar-refractivity contribution in [3.63, 3.8) is 0 Å². The molecule has 21 heavy (non-hydrogen) atoms. The summed E-state index contributed by atoms with van der Waals surface area (Å²) in [6.45, 7) is 3.87. The van der Waals surface area contributed by atoms with Crippen molar-refractivity contribution in [2.24, 2.45) is 0 Å². The predicted molar refractivity (Wildman–Crippen MR) is 86.6 cm³/mol. The van der Waals surface area contributed by atoms with E-state index in [1.165, 1.54) is 0 Å². The average molecular weight is 278 g/mol. The van der Waals surface area contributed by atoms with Gasteiger partial charge < -0.3 is 4.74 Å². The average Bonchev–Trinajstić information content (AvgIpc) is 2.55. The van der Waals surface area contributed by atoms with E-state index in [9.17, 15) is 4.79 Å². The molecule has 0 aliphatic carbocycles. The topological polar surface area (TPSA) is 26.3 Å². The molecule has 0 heterocycles. The zero-order valence-electron chi connectivity index (χ0n) is 12.1. The van der Waals surface area contributed by atoms with Gasteiger partial charge in [0.2, 0.25) is 0 Å². The number of carbonyl (C=O) groups excluding carboxylic acids is 1. The van der Waals surface area contributed by atoms with Crippen LogP contribution < -0.4 is 4.74 Å². The lowest BCUT2D eigenvalue weighted by Gasteiger charge is -2.04. The molecule has 0 radical (unpaired) electrons. The summed E-state index contributed by atoms with van der Waals surface area (Å²) in [5.74, 6) is 0.800. The van der Waals surface area contributed by atoms with Gasteiger partial charge in [-0.25, -0.2) is 0 Å². The molecule has 0 aliphatic rings. The van der Waals surface area contributed by atoms with Gasteiger partial charge in [0.15, 0.2) is 5.78 Å². The third-order valence-corrected chi connectivity index (χ3v) is 3.16. The summed E-state index contributed by atoms with van der Waals surface area (Å²) in [4.78, 5) is 12.2. The Kier molecular flexibility index (Phi) is 5.10. The second kappa shape index (κ2) is 7.25. The zero-order valence-corrected chi connectivity index (χ0v) is 12.1. The highest BCUT2D eigenvalue weighted by Gasteiger charge is 2.07. The first kappa shape index (κ1) is 14.8. The van der Waals surface area contributed by atoms with Crippen LogP contribution in [-0.4, -0.2) is 12.9 Å². The molecule has 0 aromatic heterocycles. The smallest absolute Gasteiger partial charge is 0.188 e. The summed E-state index contributed by atoms with van der Waals surface area (Å²) in [6, 6.07) is 17.0. The van der Waals surface area contributed by atoms with Crippen molar-refractivity contribution < 1.29 is 9.53 Å². The molecule has 2 heteroatoms. The minimum absolute atomic E-state index is 0.0136. The van der Waals surface area contributed by atoms with Crippen LogP contribution in [0.25, 0.3) is 6.08 Å². The molecular formula is C19H18O2. The van der Waals surface area contributed by atoms with Gasteiger partial charge in [0.25, 0.3) is 0 Å². The van der Waals surface area contributed by atoms with E-state index in [0.717, 1.165) is 11.3 Å². The number of para-hydroxylation sites is 1. The monoisotopic (exact) mass is 278 g/mol. The lowest BCUT2D eigenvalue weighted by Crippen LogP contribution is -2.01. The van der Waals surface area contributed by atoms with Crippen molar-refractivity contribution in [1.82, 2.24) is 0 Å². The van der Waals surface area contributed by atoms with Crippen LogP contribution in [0.2, 0.25) is 0 Å². The molecule has 2 nitrogen and oxygen atoms in total. The fraction of sp³-hybridized carbons (Fsp3) is 0.105. The summed E-state index contributed by atoms with van der Waals surface area (Å²) in [5.41, 5.74) is 2.24. The number of hydrogen-bond donors (Lipinski definition) is 0. The Bertz CT molecular complexity index is 654. The van der Waals surface area contributed by atoms with Crippen LogP contribution in [0.5, 0.6) is 5.75 Å². The van der Waals surface area contributed by atoms with E-state index in [1.54, 1.807) is 19.2 Å². The van der Waals surface area contributed by atoms with Crippen LogP contribution >= 0.6 is 0 Å². The molecule has 2 aromatic rings. The van der Waals surface area contributed by atoms with Gasteiger partial charge in [0.05, 0.1) is 7.11 Å². The number of Topliss-reactive ketones (excluding diaryl/α,β-unsaturated/α-hetero) is 1. The number of rotatable bonds is 6. The maximum atomic E-state index is 12.2. The first-order valence-electron chi connectivity index (χ1n) is 6.79. The Balaban J connectivity index is 2.01. The maximum absolute atomic E-state index is 12.2. The second-order valence-corrected chi connectivity index (χ2v) is 4.65. The first-order chi connectivity index (χ1) is 10.2. The molecule has 2 rings (SSSR count). The zero-order chi connectivity index (χ0) is 15.1. The Labute approximate surface area is 125 Å². The quantitative estimate of drug-likeness (QED) is 0.573. The normalized spacial score (nSPS) is 10.5. The highest BCUT2D eigenvalue weighted by Crippen LogP contribution is 2.19. The van der Waals surface area contributed by atoms with Crippen molar-refractivity contribution >= 4 is 11.9 Å². The number of methoxy groups -OCH3 is 1. The minimum atomic E-state index is -0.0136. The lowest BCUT2D eigenvalue weighted by molar-refractivity contribution is 0.103. The maximum Gasteiger partial charge on any atom is 0.188 e. The van der Waals surface area contributed by atoms with Crippen LogP contribution in [-0.2, 0) is 0 Å². The van der Waals surface area contributed by atoms with E-state index in [1.807, 2.05) is 54.6 Å². The van der Waals surface area contributed by atoms with Crippen LogP contribution in [0.3, 0.4) is 0 Å². The SMILES string of the molecule is C=C(C/C=C/c1ccccc1OC)C(=O)c1ccccc1. The Hall–Kier alpha value is -2.61. The van der Waals surface area contributed by atoms with Gasteiger partial charge in [-0.3, -0.25) is 4.79 Å². The molecule has 0 saturated carbocycles. The first-order valence-corrected chi connectivity index (χ1v) is 6.79. The van der Waals surface area contributed by atoms with Crippen LogP contribution in [0.1, 0.15) is 22.3 Å². The van der Waals surface area contributed by atoms with Gasteiger partial charge in [-0.1, -0.05) is 67.3 Å². The van der Waals surface area contributed by atoms with Crippen molar-refractivity contribution in [1.29, 1.82) is 0 Å². The van der Waals surface area contributed by atoms with Gasteiger partial charge in [-0.05, 0) is 18.1 Å². The van der Waals surface area contributed by atoms with Crippen molar-refractivity contribution in [2.75, 3.05) is 7.11 Å². The number of hydrogen-bond acceptors (Lipinski definition) is 2. The van der Waals surface area contributed by atoms with Crippen molar-refractivity contribution in [2.45, 2.75) is 6.42 Å². The summed E-state index contributed by atoms with van der Waals surface area (Å²) in [5, 5.41) is 0. The van der Waals surface area contributed by atoms with Gasteiger partial charge in [-0.2, -0.15) is 0 Å². The van der Waals surface area contributed by atoms with E-state index < -0.39 is 0 Å². The number of allylic oxidation sites excluding steroid dienone is 2. The summed E-state index contributed by atoms with van der Waals surface area (Å²) in [6.07, 6.45) is 4.40. The molecule has 0 bridgehead atoms. The van der Waals surface area contributed by atoms with Crippen LogP contribution in [0.4, 0.5) is 0 Å². The molecule has 0 fully saturated rings. The number of carbonyl (C=O) groups is 1. The molecule has 0 saturated heterocycles. The van der Waals surface area contributed by atoms with E-state index in [-0.39, 0.29) is 5.78 Å². The van der Waals surface area contributed by atoms with Gasteiger partial charge in [0.1, 0.15) is 5.75 Å². The van der Waals surface area contributed by atoms with Crippen LogP contribution in [0, 0.1) is 0 Å². The number of ether oxygens (including phenoxy) is 1. The summed E-state index contributed by atoms with van der Waals surface area (Å²) >= 11 is 0. The van der Waals surface area contributed by atoms with E-state index in [2.05, 4.69) is 6.58 Å². The Morgan fingerprint density at radius 3 is 2.48 bits per heavy atom. The molecule has 106 valence electrons. The molecule has 2 aromatic carbocycles. The Morgan fingerprint density at radius 2 is 1.76 bits per heavy atom. The van der Waals surface area contributed by atoms with Crippen molar-refractivity contribution in [3.8, 4) is 5.75 Å². The molecule has 0 spiro atoms. The van der Waals surface area contributed by atoms with Crippen LogP contribution in [0.15, 0.2) is 72.8 Å². The third-order valence-electron chi connectivity index (χ3n) is 3.16. The molecule has 0 N–H and O–H groups in total. The van der Waals surface area contributed by atoms with Crippen molar-refractivity contribution in [3.05, 3.63) is 84.0 Å². The Morgan fingerprint density at radius 1 is 1.10 bits per heavy atom. The standard InChI is InChI=1S/C19H18O2/c1-15(19(20)17-11-4-3-5-12-17)9-8-13-16-10-6-7-14-18(16)21-2/h3-8,10-14H,1,9H2,2H3/b13-8+. The summed E-state index contributed by atoms with van der Waals surface area (Å²) < 4.78 is 5.28. The number of ketones is 1. The van der Waals surface area contributed by atoms with Gasteiger partial charge >= 0.3 is 0 Å².